The first kappa shape index (κ1) is 15.2. The van der Waals surface area contributed by atoms with Gasteiger partial charge in [-0.3, -0.25) is 4.79 Å². The van der Waals surface area contributed by atoms with Gasteiger partial charge in [0, 0.05) is 12.3 Å². The Hall–Kier alpha value is -1.19. The molecule has 4 heteroatoms. The predicted octanol–water partition coefficient (Wildman–Crippen LogP) is 4.06. The Balaban J connectivity index is 1.91. The van der Waals surface area contributed by atoms with Crippen LogP contribution < -0.4 is 0 Å². The summed E-state index contributed by atoms with van der Waals surface area (Å²) in [4.78, 5) is 16.2. The van der Waals surface area contributed by atoms with Crippen molar-refractivity contribution in [2.24, 2.45) is 5.92 Å². The fourth-order valence-corrected chi connectivity index (χ4v) is 2.92. The standard InChI is InChI=1S/C16H26N2O2/c1-12(2)10-14(19)11-15-17-16(18-20-15)13-8-6-4-3-5-7-9-13/h12-13H,3-11H2,1-2H3. The molecule has 0 unspecified atom stereocenters. The third kappa shape index (κ3) is 4.73. The molecule has 1 saturated carbocycles. The fourth-order valence-electron chi connectivity index (χ4n) is 2.92. The Morgan fingerprint density at radius 1 is 1.20 bits per heavy atom. The summed E-state index contributed by atoms with van der Waals surface area (Å²) in [6.07, 6.45) is 9.66. The highest BCUT2D eigenvalue weighted by molar-refractivity contribution is 5.80. The van der Waals surface area contributed by atoms with E-state index in [0.29, 0.717) is 24.1 Å². The minimum atomic E-state index is 0.188. The Morgan fingerprint density at radius 3 is 2.50 bits per heavy atom. The summed E-state index contributed by atoms with van der Waals surface area (Å²) < 4.78 is 5.26. The number of hydrogen-bond acceptors (Lipinski definition) is 4. The summed E-state index contributed by atoms with van der Waals surface area (Å²) in [5.74, 6) is 2.31. The third-order valence-corrected chi connectivity index (χ3v) is 3.94. The van der Waals surface area contributed by atoms with Crippen LogP contribution in [0.4, 0.5) is 0 Å². The molecular weight excluding hydrogens is 252 g/mol. The maximum Gasteiger partial charge on any atom is 0.234 e. The predicted molar refractivity (Wildman–Crippen MR) is 77.5 cm³/mol. The van der Waals surface area contributed by atoms with E-state index < -0.39 is 0 Å². The minimum Gasteiger partial charge on any atom is -0.339 e. The number of rotatable bonds is 5. The van der Waals surface area contributed by atoms with Crippen LogP contribution in [0.5, 0.6) is 0 Å². The molecule has 0 spiro atoms. The molecular formula is C16H26N2O2. The van der Waals surface area contributed by atoms with Crippen molar-refractivity contribution in [3.05, 3.63) is 11.7 Å². The van der Waals surface area contributed by atoms with Crippen molar-refractivity contribution in [2.75, 3.05) is 0 Å². The zero-order chi connectivity index (χ0) is 14.4. The number of Topliss-reactive ketones (excluding diaryl/α,β-unsaturated/α-hetero) is 1. The van der Waals surface area contributed by atoms with Crippen LogP contribution in [0.25, 0.3) is 0 Å². The van der Waals surface area contributed by atoms with Crippen molar-refractivity contribution in [3.8, 4) is 0 Å². The van der Waals surface area contributed by atoms with E-state index in [1.807, 2.05) is 13.8 Å². The van der Waals surface area contributed by atoms with Gasteiger partial charge in [-0.2, -0.15) is 4.98 Å². The first-order valence-electron chi connectivity index (χ1n) is 7.99. The number of nitrogens with zero attached hydrogens (tertiary/aromatic N) is 2. The lowest BCUT2D eigenvalue weighted by Gasteiger charge is -2.15. The summed E-state index contributed by atoms with van der Waals surface area (Å²) in [6.45, 7) is 4.09. The molecule has 112 valence electrons. The third-order valence-electron chi connectivity index (χ3n) is 3.94. The molecule has 0 saturated heterocycles. The second kappa shape index (κ2) is 7.55. The second-order valence-electron chi connectivity index (χ2n) is 6.40. The highest BCUT2D eigenvalue weighted by atomic mass is 16.5. The fraction of sp³-hybridized carbons (Fsp3) is 0.812. The molecule has 1 aliphatic rings. The van der Waals surface area contributed by atoms with Crippen molar-refractivity contribution in [2.45, 2.75) is 77.6 Å². The molecule has 1 heterocycles. The lowest BCUT2D eigenvalue weighted by molar-refractivity contribution is -0.119. The summed E-state index contributed by atoms with van der Waals surface area (Å²) in [6, 6.07) is 0. The lowest BCUT2D eigenvalue weighted by Crippen LogP contribution is -2.07. The molecule has 0 bridgehead atoms. The van der Waals surface area contributed by atoms with E-state index in [1.165, 1.54) is 32.1 Å². The van der Waals surface area contributed by atoms with Gasteiger partial charge in [-0.1, -0.05) is 51.1 Å². The Morgan fingerprint density at radius 2 is 1.85 bits per heavy atom. The maximum absolute atomic E-state index is 11.8. The van der Waals surface area contributed by atoms with Gasteiger partial charge in [0.15, 0.2) is 5.82 Å². The molecule has 0 atom stereocenters. The Labute approximate surface area is 121 Å². The lowest BCUT2D eigenvalue weighted by atomic mass is 9.91. The monoisotopic (exact) mass is 278 g/mol. The smallest absolute Gasteiger partial charge is 0.234 e. The van der Waals surface area contributed by atoms with Crippen LogP contribution in [0.2, 0.25) is 0 Å². The molecule has 0 N–H and O–H groups in total. The van der Waals surface area contributed by atoms with Gasteiger partial charge in [0.25, 0.3) is 0 Å². The quantitative estimate of drug-likeness (QED) is 0.815. The topological polar surface area (TPSA) is 56.0 Å². The highest BCUT2D eigenvalue weighted by Gasteiger charge is 2.20. The first-order chi connectivity index (χ1) is 9.65. The molecule has 0 radical (unpaired) electrons. The molecule has 2 rings (SSSR count). The molecule has 0 aromatic carbocycles. The van der Waals surface area contributed by atoms with E-state index in [2.05, 4.69) is 10.1 Å². The average molecular weight is 278 g/mol. The number of hydrogen-bond donors (Lipinski definition) is 0. The Kier molecular flexibility index (Phi) is 5.74. The summed E-state index contributed by atoms with van der Waals surface area (Å²) >= 11 is 0. The van der Waals surface area contributed by atoms with Crippen LogP contribution in [0.15, 0.2) is 4.52 Å². The SMILES string of the molecule is CC(C)CC(=O)Cc1nc(C2CCCCCCC2)no1. The number of carbonyl (C=O) groups excluding carboxylic acids is 1. The molecule has 1 aromatic heterocycles. The van der Waals surface area contributed by atoms with Gasteiger partial charge in [-0.05, 0) is 18.8 Å². The van der Waals surface area contributed by atoms with E-state index in [-0.39, 0.29) is 12.2 Å². The van der Waals surface area contributed by atoms with E-state index in [9.17, 15) is 4.79 Å². The van der Waals surface area contributed by atoms with E-state index >= 15 is 0 Å². The number of carbonyl (C=O) groups is 1. The molecule has 0 amide bonds. The Bertz CT molecular complexity index is 418. The zero-order valence-electron chi connectivity index (χ0n) is 12.7. The van der Waals surface area contributed by atoms with Gasteiger partial charge in [-0.15, -0.1) is 0 Å². The van der Waals surface area contributed by atoms with Gasteiger partial charge in [0.2, 0.25) is 5.89 Å². The van der Waals surface area contributed by atoms with Crippen molar-refractivity contribution in [3.63, 3.8) is 0 Å². The van der Waals surface area contributed by atoms with Crippen LogP contribution in [-0.4, -0.2) is 15.9 Å². The summed E-state index contributed by atoms with van der Waals surface area (Å²) in [5, 5.41) is 4.11. The van der Waals surface area contributed by atoms with Gasteiger partial charge >= 0.3 is 0 Å². The van der Waals surface area contributed by atoms with Crippen LogP contribution in [0.3, 0.4) is 0 Å². The van der Waals surface area contributed by atoms with Gasteiger partial charge < -0.3 is 4.52 Å². The maximum atomic E-state index is 11.8. The van der Waals surface area contributed by atoms with Gasteiger partial charge in [0.1, 0.15) is 5.78 Å². The van der Waals surface area contributed by atoms with Crippen LogP contribution in [0.1, 0.15) is 82.8 Å². The highest BCUT2D eigenvalue weighted by Crippen LogP contribution is 2.29. The first-order valence-corrected chi connectivity index (χ1v) is 7.99. The molecule has 20 heavy (non-hydrogen) atoms. The minimum absolute atomic E-state index is 0.188. The number of aromatic nitrogens is 2. The molecule has 0 aliphatic heterocycles. The second-order valence-corrected chi connectivity index (χ2v) is 6.40. The number of ketones is 1. The normalized spacial score (nSPS) is 17.9. The van der Waals surface area contributed by atoms with Crippen LogP contribution >= 0.6 is 0 Å². The molecule has 1 aromatic rings. The van der Waals surface area contributed by atoms with Crippen molar-refractivity contribution in [1.82, 2.24) is 10.1 Å². The van der Waals surface area contributed by atoms with Crippen LogP contribution in [-0.2, 0) is 11.2 Å². The van der Waals surface area contributed by atoms with Crippen molar-refractivity contribution in [1.29, 1.82) is 0 Å². The van der Waals surface area contributed by atoms with Crippen molar-refractivity contribution >= 4 is 5.78 Å². The molecule has 1 aliphatic carbocycles. The van der Waals surface area contributed by atoms with E-state index in [4.69, 9.17) is 4.52 Å². The van der Waals surface area contributed by atoms with E-state index in [0.717, 1.165) is 18.7 Å². The van der Waals surface area contributed by atoms with Gasteiger partial charge in [-0.25, -0.2) is 0 Å². The van der Waals surface area contributed by atoms with Crippen LogP contribution in [0, 0.1) is 5.92 Å². The van der Waals surface area contributed by atoms with E-state index in [1.54, 1.807) is 0 Å². The largest absolute Gasteiger partial charge is 0.339 e. The zero-order valence-corrected chi connectivity index (χ0v) is 12.7. The van der Waals surface area contributed by atoms with Crippen molar-refractivity contribution < 1.29 is 9.32 Å². The summed E-state index contributed by atoms with van der Waals surface area (Å²) in [7, 11) is 0. The molecule has 4 nitrogen and oxygen atoms in total. The summed E-state index contributed by atoms with van der Waals surface area (Å²) in [5.41, 5.74) is 0. The van der Waals surface area contributed by atoms with Gasteiger partial charge in [0.05, 0.1) is 6.42 Å². The average Bonchev–Trinajstić information content (AvgIpc) is 2.75. The molecule has 1 fully saturated rings.